The van der Waals surface area contributed by atoms with E-state index in [0.717, 1.165) is 11.1 Å². The summed E-state index contributed by atoms with van der Waals surface area (Å²) in [7, 11) is 0. The molecule has 1 aromatic rings. The molecule has 0 radical (unpaired) electrons. The lowest BCUT2D eigenvalue weighted by molar-refractivity contribution is 0.0926. The number of amides is 1. The van der Waals surface area contributed by atoms with E-state index in [0.29, 0.717) is 17.2 Å². The summed E-state index contributed by atoms with van der Waals surface area (Å²) < 4.78 is 0. The first-order valence-corrected chi connectivity index (χ1v) is 7.16. The maximum absolute atomic E-state index is 12.3. The molecule has 1 aliphatic rings. The summed E-state index contributed by atoms with van der Waals surface area (Å²) in [5, 5.41) is 3.13. The van der Waals surface area contributed by atoms with E-state index in [1.54, 1.807) is 6.07 Å². The van der Waals surface area contributed by atoms with E-state index in [1.165, 1.54) is 25.7 Å². The molecule has 1 amide bonds. The summed E-state index contributed by atoms with van der Waals surface area (Å²) in [5.41, 5.74) is 9.30. The minimum atomic E-state index is 0.00333. The first-order chi connectivity index (χ1) is 8.99. The van der Waals surface area contributed by atoms with Gasteiger partial charge in [0, 0.05) is 17.3 Å². The van der Waals surface area contributed by atoms with E-state index in [9.17, 15) is 4.79 Å². The van der Waals surface area contributed by atoms with Crippen LogP contribution in [0.1, 0.15) is 54.1 Å². The first kappa shape index (κ1) is 13.9. The highest BCUT2D eigenvalue weighted by molar-refractivity contribution is 5.96. The third-order valence-electron chi connectivity index (χ3n) is 4.32. The third kappa shape index (κ3) is 3.09. The molecule has 1 aromatic carbocycles. The first-order valence-electron chi connectivity index (χ1n) is 7.16. The summed E-state index contributed by atoms with van der Waals surface area (Å²) in [5.74, 6) is 0.635. The smallest absolute Gasteiger partial charge is 0.251 e. The monoisotopic (exact) mass is 260 g/mol. The predicted octanol–water partition coefficient (Wildman–Crippen LogP) is 3.19. The number of nitrogens with one attached hydrogen (secondary N) is 1. The van der Waals surface area contributed by atoms with Gasteiger partial charge in [-0.1, -0.05) is 18.9 Å². The average molecular weight is 260 g/mol. The number of anilines is 1. The third-order valence-corrected chi connectivity index (χ3v) is 4.32. The van der Waals surface area contributed by atoms with Gasteiger partial charge < -0.3 is 11.1 Å². The van der Waals surface area contributed by atoms with Gasteiger partial charge in [0.1, 0.15) is 0 Å². The number of hydrogen-bond acceptors (Lipinski definition) is 2. The normalized spacial score (nSPS) is 17.4. The molecule has 3 nitrogen and oxygen atoms in total. The van der Waals surface area contributed by atoms with Crippen LogP contribution in [0.4, 0.5) is 5.69 Å². The van der Waals surface area contributed by atoms with E-state index in [-0.39, 0.29) is 11.9 Å². The zero-order valence-electron chi connectivity index (χ0n) is 12.1. The van der Waals surface area contributed by atoms with E-state index in [4.69, 9.17) is 5.73 Å². The fourth-order valence-electron chi connectivity index (χ4n) is 2.97. The minimum absolute atomic E-state index is 0.00333. The molecule has 0 spiro atoms. The van der Waals surface area contributed by atoms with Crippen molar-refractivity contribution in [2.24, 2.45) is 5.92 Å². The Hall–Kier alpha value is -1.51. The number of rotatable bonds is 3. The second-order valence-corrected chi connectivity index (χ2v) is 5.83. The van der Waals surface area contributed by atoms with Gasteiger partial charge in [-0.2, -0.15) is 0 Å². The molecule has 19 heavy (non-hydrogen) atoms. The summed E-state index contributed by atoms with van der Waals surface area (Å²) in [6, 6.07) is 4.02. The second kappa shape index (κ2) is 5.64. The SMILES string of the molecule is Cc1cc(C)c(C(=O)NC(C)C2CCCC2)cc1N. The molecular formula is C16H24N2O. The Kier molecular flexibility index (Phi) is 4.13. The highest BCUT2D eigenvalue weighted by atomic mass is 16.1. The summed E-state index contributed by atoms with van der Waals surface area (Å²) >= 11 is 0. The van der Waals surface area contributed by atoms with Crippen molar-refractivity contribution in [1.29, 1.82) is 0 Å². The van der Waals surface area contributed by atoms with Crippen molar-refractivity contribution in [2.75, 3.05) is 5.73 Å². The molecular weight excluding hydrogens is 236 g/mol. The van der Waals surface area contributed by atoms with Crippen molar-refractivity contribution >= 4 is 11.6 Å². The molecule has 1 aliphatic carbocycles. The number of carbonyl (C=O) groups excluding carboxylic acids is 1. The van der Waals surface area contributed by atoms with Crippen LogP contribution in [-0.4, -0.2) is 11.9 Å². The molecule has 0 heterocycles. The molecule has 1 unspecified atom stereocenters. The maximum atomic E-state index is 12.3. The van der Waals surface area contributed by atoms with Gasteiger partial charge in [-0.3, -0.25) is 4.79 Å². The van der Waals surface area contributed by atoms with Crippen molar-refractivity contribution in [2.45, 2.75) is 52.5 Å². The zero-order valence-corrected chi connectivity index (χ0v) is 12.1. The van der Waals surface area contributed by atoms with Crippen molar-refractivity contribution in [3.63, 3.8) is 0 Å². The Labute approximate surface area is 115 Å². The Bertz CT molecular complexity index is 476. The van der Waals surface area contributed by atoms with Crippen LogP contribution in [-0.2, 0) is 0 Å². The highest BCUT2D eigenvalue weighted by Crippen LogP contribution is 2.28. The maximum Gasteiger partial charge on any atom is 0.251 e. The zero-order chi connectivity index (χ0) is 14.0. The minimum Gasteiger partial charge on any atom is -0.398 e. The van der Waals surface area contributed by atoms with E-state index >= 15 is 0 Å². The fourth-order valence-corrected chi connectivity index (χ4v) is 2.97. The van der Waals surface area contributed by atoms with Gasteiger partial charge in [-0.25, -0.2) is 0 Å². The Balaban J connectivity index is 2.09. The van der Waals surface area contributed by atoms with Crippen LogP contribution < -0.4 is 11.1 Å². The molecule has 3 N–H and O–H groups in total. The van der Waals surface area contributed by atoms with Gasteiger partial charge >= 0.3 is 0 Å². The lowest BCUT2D eigenvalue weighted by Crippen LogP contribution is -2.37. The van der Waals surface area contributed by atoms with Gasteiger partial charge in [0.25, 0.3) is 5.91 Å². The Morgan fingerprint density at radius 2 is 1.89 bits per heavy atom. The van der Waals surface area contributed by atoms with Gasteiger partial charge in [0.05, 0.1) is 0 Å². The number of nitrogens with two attached hydrogens (primary N) is 1. The molecule has 1 atom stereocenters. The van der Waals surface area contributed by atoms with Crippen LogP contribution in [0.5, 0.6) is 0 Å². The number of nitrogen functional groups attached to an aromatic ring is 1. The molecule has 3 heteroatoms. The lowest BCUT2D eigenvalue weighted by Gasteiger charge is -2.21. The van der Waals surface area contributed by atoms with Gasteiger partial charge in [-0.05, 0) is 56.7 Å². The topological polar surface area (TPSA) is 55.1 Å². The second-order valence-electron chi connectivity index (χ2n) is 5.83. The molecule has 104 valence electrons. The van der Waals surface area contributed by atoms with Crippen molar-refractivity contribution < 1.29 is 4.79 Å². The van der Waals surface area contributed by atoms with E-state index in [1.807, 2.05) is 19.9 Å². The van der Waals surface area contributed by atoms with Crippen LogP contribution in [0, 0.1) is 19.8 Å². The molecule has 1 fully saturated rings. The number of benzene rings is 1. The van der Waals surface area contributed by atoms with Crippen LogP contribution in [0.15, 0.2) is 12.1 Å². The van der Waals surface area contributed by atoms with Gasteiger partial charge in [-0.15, -0.1) is 0 Å². The number of aryl methyl sites for hydroxylation is 2. The molecule has 0 aliphatic heterocycles. The van der Waals surface area contributed by atoms with Crippen LogP contribution in [0.2, 0.25) is 0 Å². The highest BCUT2D eigenvalue weighted by Gasteiger charge is 2.23. The van der Waals surface area contributed by atoms with Crippen LogP contribution >= 0.6 is 0 Å². The number of hydrogen-bond donors (Lipinski definition) is 2. The standard InChI is InChI=1S/C16H24N2O/c1-10-8-11(2)15(17)9-14(10)16(19)18-12(3)13-6-4-5-7-13/h8-9,12-13H,4-7,17H2,1-3H3,(H,18,19). The van der Waals surface area contributed by atoms with Crippen LogP contribution in [0.25, 0.3) is 0 Å². The molecule has 0 aromatic heterocycles. The predicted molar refractivity (Wildman–Crippen MR) is 79.2 cm³/mol. The van der Waals surface area contributed by atoms with Crippen molar-refractivity contribution in [1.82, 2.24) is 5.32 Å². The molecule has 1 saturated carbocycles. The summed E-state index contributed by atoms with van der Waals surface area (Å²) in [4.78, 5) is 12.3. The van der Waals surface area contributed by atoms with Gasteiger partial charge in [0.2, 0.25) is 0 Å². The average Bonchev–Trinajstić information content (AvgIpc) is 2.87. The largest absolute Gasteiger partial charge is 0.398 e. The van der Waals surface area contributed by atoms with Crippen molar-refractivity contribution in [3.8, 4) is 0 Å². The quantitative estimate of drug-likeness (QED) is 0.820. The van der Waals surface area contributed by atoms with E-state index < -0.39 is 0 Å². The number of carbonyl (C=O) groups is 1. The van der Waals surface area contributed by atoms with Crippen LogP contribution in [0.3, 0.4) is 0 Å². The molecule has 2 rings (SSSR count). The Morgan fingerprint density at radius 3 is 2.53 bits per heavy atom. The van der Waals surface area contributed by atoms with Gasteiger partial charge in [0.15, 0.2) is 0 Å². The lowest BCUT2D eigenvalue weighted by atomic mass is 9.98. The Morgan fingerprint density at radius 1 is 1.26 bits per heavy atom. The summed E-state index contributed by atoms with van der Waals surface area (Å²) in [6.45, 7) is 6.04. The molecule has 0 saturated heterocycles. The molecule has 0 bridgehead atoms. The summed E-state index contributed by atoms with van der Waals surface area (Å²) in [6.07, 6.45) is 5.05. The van der Waals surface area contributed by atoms with Crippen molar-refractivity contribution in [3.05, 3.63) is 28.8 Å². The van der Waals surface area contributed by atoms with E-state index in [2.05, 4.69) is 12.2 Å². The fraction of sp³-hybridized carbons (Fsp3) is 0.562.